The summed E-state index contributed by atoms with van der Waals surface area (Å²) in [5.74, 6) is 1.80. The number of nitrogens with one attached hydrogen (secondary N) is 2. The lowest BCUT2D eigenvalue weighted by Crippen LogP contribution is -2.10. The van der Waals surface area contributed by atoms with E-state index in [-0.39, 0.29) is 0 Å². The number of anilines is 2. The monoisotopic (exact) mass is 296 g/mol. The molecule has 0 unspecified atom stereocenters. The summed E-state index contributed by atoms with van der Waals surface area (Å²) >= 11 is 7.53. The molecule has 2 heterocycles. The van der Waals surface area contributed by atoms with Crippen LogP contribution in [-0.2, 0) is 12.8 Å². The van der Waals surface area contributed by atoms with Crippen molar-refractivity contribution in [3.63, 3.8) is 0 Å². The van der Waals surface area contributed by atoms with Gasteiger partial charge in [0.05, 0.1) is 4.34 Å². The predicted octanol–water partition coefficient (Wildman–Crippen LogP) is 3.45. The van der Waals surface area contributed by atoms with Crippen molar-refractivity contribution in [3.05, 3.63) is 33.2 Å². The quantitative estimate of drug-likeness (QED) is 0.857. The van der Waals surface area contributed by atoms with Crippen LogP contribution in [0.1, 0.15) is 17.4 Å². The lowest BCUT2D eigenvalue weighted by molar-refractivity contribution is 0.985. The van der Waals surface area contributed by atoms with Gasteiger partial charge in [-0.25, -0.2) is 9.97 Å². The molecule has 0 fully saturated rings. The first-order valence-corrected chi connectivity index (χ1v) is 7.43. The predicted molar refractivity (Wildman–Crippen MR) is 82.5 cm³/mol. The normalized spacial score (nSPS) is 10.5. The zero-order chi connectivity index (χ0) is 13.7. The summed E-state index contributed by atoms with van der Waals surface area (Å²) in [6.07, 6.45) is 3.42. The third kappa shape index (κ3) is 3.58. The minimum absolute atomic E-state index is 0.837. The number of thiophene rings is 1. The van der Waals surface area contributed by atoms with Crippen LogP contribution in [0.15, 0.2) is 18.5 Å². The zero-order valence-electron chi connectivity index (χ0n) is 11.0. The van der Waals surface area contributed by atoms with E-state index in [2.05, 4.69) is 33.6 Å². The van der Waals surface area contributed by atoms with Gasteiger partial charge in [0.25, 0.3) is 0 Å². The van der Waals surface area contributed by atoms with E-state index < -0.39 is 0 Å². The average Bonchev–Trinajstić information content (AvgIpc) is 2.84. The number of rotatable bonds is 6. The van der Waals surface area contributed by atoms with E-state index in [1.165, 1.54) is 4.88 Å². The van der Waals surface area contributed by atoms with Gasteiger partial charge in [-0.1, -0.05) is 18.5 Å². The van der Waals surface area contributed by atoms with E-state index >= 15 is 0 Å². The molecule has 0 bridgehead atoms. The largest absolute Gasteiger partial charge is 0.373 e. The van der Waals surface area contributed by atoms with Crippen LogP contribution in [-0.4, -0.2) is 23.6 Å². The second-order valence-corrected chi connectivity index (χ2v) is 5.84. The van der Waals surface area contributed by atoms with Gasteiger partial charge in [-0.15, -0.1) is 11.3 Å². The lowest BCUT2D eigenvalue weighted by Gasteiger charge is -2.12. The van der Waals surface area contributed by atoms with Gasteiger partial charge in [0.1, 0.15) is 18.0 Å². The molecule has 0 aliphatic carbocycles. The lowest BCUT2D eigenvalue weighted by atomic mass is 10.2. The molecule has 2 N–H and O–H groups in total. The highest BCUT2D eigenvalue weighted by Crippen LogP contribution is 2.23. The van der Waals surface area contributed by atoms with Crippen molar-refractivity contribution in [2.24, 2.45) is 0 Å². The maximum Gasteiger partial charge on any atom is 0.134 e. The molecule has 6 heteroatoms. The van der Waals surface area contributed by atoms with Crippen LogP contribution in [0.25, 0.3) is 0 Å². The number of aromatic nitrogens is 2. The highest BCUT2D eigenvalue weighted by molar-refractivity contribution is 7.16. The van der Waals surface area contributed by atoms with E-state index in [4.69, 9.17) is 11.6 Å². The second kappa shape index (κ2) is 6.73. The summed E-state index contributed by atoms with van der Waals surface area (Å²) in [5.41, 5.74) is 1.12. The van der Waals surface area contributed by atoms with E-state index in [1.807, 2.05) is 13.1 Å². The molecule has 2 rings (SSSR count). The van der Waals surface area contributed by atoms with Crippen molar-refractivity contribution < 1.29 is 0 Å². The first-order valence-electron chi connectivity index (χ1n) is 6.24. The molecule has 0 aromatic carbocycles. The molecule has 2 aromatic heterocycles. The Hall–Kier alpha value is -1.33. The summed E-state index contributed by atoms with van der Waals surface area (Å²) in [4.78, 5) is 9.81. The van der Waals surface area contributed by atoms with Crippen molar-refractivity contribution in [2.45, 2.75) is 19.8 Å². The van der Waals surface area contributed by atoms with Crippen LogP contribution in [0.2, 0.25) is 4.34 Å². The Bertz CT molecular complexity index is 541. The van der Waals surface area contributed by atoms with E-state index in [1.54, 1.807) is 17.7 Å². The Balaban J connectivity index is 1.99. The fourth-order valence-corrected chi connectivity index (χ4v) is 2.99. The Morgan fingerprint density at radius 1 is 1.26 bits per heavy atom. The Kier molecular flexibility index (Phi) is 4.99. The van der Waals surface area contributed by atoms with Gasteiger partial charge in [0, 0.05) is 24.0 Å². The summed E-state index contributed by atoms with van der Waals surface area (Å²) in [5, 5.41) is 6.46. The van der Waals surface area contributed by atoms with Gasteiger partial charge in [-0.2, -0.15) is 0 Å². The maximum atomic E-state index is 5.91. The molecule has 19 heavy (non-hydrogen) atoms. The highest BCUT2D eigenvalue weighted by atomic mass is 35.5. The van der Waals surface area contributed by atoms with Gasteiger partial charge in [0.15, 0.2) is 0 Å². The first kappa shape index (κ1) is 14.1. The molecule has 0 radical (unpaired) electrons. The van der Waals surface area contributed by atoms with Crippen LogP contribution in [0.3, 0.4) is 0 Å². The molecule has 0 atom stereocenters. The summed E-state index contributed by atoms with van der Waals surface area (Å²) in [6.45, 7) is 2.94. The van der Waals surface area contributed by atoms with Crippen LogP contribution < -0.4 is 10.6 Å². The molecular formula is C13H17ClN4S. The molecule has 102 valence electrons. The van der Waals surface area contributed by atoms with Gasteiger partial charge in [-0.3, -0.25) is 0 Å². The third-order valence-electron chi connectivity index (χ3n) is 2.83. The summed E-state index contributed by atoms with van der Waals surface area (Å²) in [7, 11) is 1.87. The SMILES string of the molecule is CCc1c(NC)ncnc1NCCc1ccc(Cl)s1. The van der Waals surface area contributed by atoms with E-state index in [9.17, 15) is 0 Å². The smallest absolute Gasteiger partial charge is 0.134 e. The molecule has 0 aliphatic heterocycles. The molecule has 0 amide bonds. The van der Waals surface area contributed by atoms with E-state index in [0.29, 0.717) is 0 Å². The van der Waals surface area contributed by atoms with Gasteiger partial charge >= 0.3 is 0 Å². The van der Waals surface area contributed by atoms with Crippen LogP contribution in [0, 0.1) is 0 Å². The van der Waals surface area contributed by atoms with Gasteiger partial charge in [-0.05, 0) is 25.0 Å². The minimum Gasteiger partial charge on any atom is -0.373 e. The standard InChI is InChI=1S/C13H17ClN4S/c1-3-10-12(15-2)17-8-18-13(10)16-7-6-9-4-5-11(14)19-9/h4-5,8H,3,6-7H2,1-2H3,(H2,15,16,17,18). The maximum absolute atomic E-state index is 5.91. The van der Waals surface area contributed by atoms with Crippen LogP contribution in [0.4, 0.5) is 11.6 Å². The average molecular weight is 297 g/mol. The van der Waals surface area contributed by atoms with Crippen LogP contribution >= 0.6 is 22.9 Å². The summed E-state index contributed by atoms with van der Waals surface area (Å²) in [6, 6.07) is 4.00. The fraction of sp³-hybridized carbons (Fsp3) is 0.385. The molecule has 4 nitrogen and oxygen atoms in total. The Morgan fingerprint density at radius 2 is 2.05 bits per heavy atom. The molecule has 0 saturated heterocycles. The fourth-order valence-electron chi connectivity index (χ4n) is 1.91. The Labute approximate surface area is 122 Å². The number of hydrogen-bond donors (Lipinski definition) is 2. The second-order valence-electron chi connectivity index (χ2n) is 4.04. The molecular weight excluding hydrogens is 280 g/mol. The minimum atomic E-state index is 0.837. The molecule has 2 aromatic rings. The number of hydrogen-bond acceptors (Lipinski definition) is 5. The first-order chi connectivity index (χ1) is 9.24. The number of nitrogens with zero attached hydrogens (tertiary/aromatic N) is 2. The molecule has 0 spiro atoms. The van der Waals surface area contributed by atoms with Crippen molar-refractivity contribution in [2.75, 3.05) is 24.2 Å². The third-order valence-corrected chi connectivity index (χ3v) is 4.12. The number of halogens is 1. The van der Waals surface area contributed by atoms with Gasteiger partial charge in [0.2, 0.25) is 0 Å². The van der Waals surface area contributed by atoms with Gasteiger partial charge < -0.3 is 10.6 Å². The van der Waals surface area contributed by atoms with Crippen molar-refractivity contribution in [1.82, 2.24) is 9.97 Å². The topological polar surface area (TPSA) is 49.8 Å². The molecule has 0 saturated carbocycles. The Morgan fingerprint density at radius 3 is 2.68 bits per heavy atom. The summed E-state index contributed by atoms with van der Waals surface area (Å²) < 4.78 is 0.837. The zero-order valence-corrected chi connectivity index (χ0v) is 12.6. The van der Waals surface area contributed by atoms with E-state index in [0.717, 1.165) is 40.9 Å². The highest BCUT2D eigenvalue weighted by Gasteiger charge is 2.08. The van der Waals surface area contributed by atoms with Crippen molar-refractivity contribution >= 4 is 34.6 Å². The van der Waals surface area contributed by atoms with Crippen LogP contribution in [0.5, 0.6) is 0 Å². The molecule has 0 aliphatic rings. The van der Waals surface area contributed by atoms with Crippen molar-refractivity contribution in [1.29, 1.82) is 0 Å². The van der Waals surface area contributed by atoms with Crippen molar-refractivity contribution in [3.8, 4) is 0 Å².